The number of pyridine rings is 2. The quantitative estimate of drug-likeness (QED) is 0.114. The molecule has 4 heterocycles. The number of carbonyl (C=O) groups is 2. The number of hydrogen-bond donors (Lipinski definition) is 4. The Morgan fingerprint density at radius 2 is 1.77 bits per heavy atom. The van der Waals surface area contributed by atoms with Gasteiger partial charge in [-0.05, 0) is 43.5 Å². The van der Waals surface area contributed by atoms with Crippen LogP contribution >= 0.6 is 23.2 Å². The number of likely N-dealkylation sites (tertiary alicyclic amines) is 1. The van der Waals surface area contributed by atoms with Crippen LogP contribution in [0.3, 0.4) is 0 Å². The summed E-state index contributed by atoms with van der Waals surface area (Å²) >= 11 is 14.0. The molecule has 0 unspecified atom stereocenters. The molecule has 0 bridgehead atoms. The fourth-order valence-electron chi connectivity index (χ4n) is 6.70. The molecule has 2 aliphatic rings. The molecule has 2 fully saturated rings. The Hall–Kier alpha value is -4.29. The first-order valence-electron chi connectivity index (χ1n) is 17.7. The van der Waals surface area contributed by atoms with Crippen molar-refractivity contribution in [2.45, 2.75) is 64.7 Å². The summed E-state index contributed by atoms with van der Waals surface area (Å²) in [4.78, 5) is 34.6. The van der Waals surface area contributed by atoms with Crippen molar-refractivity contribution in [2.24, 2.45) is 5.92 Å². The van der Waals surface area contributed by atoms with Crippen LogP contribution in [0.4, 0.5) is 15.9 Å². The Morgan fingerprint density at radius 1 is 1.00 bits per heavy atom. The molecule has 0 saturated carbocycles. The maximum Gasteiger partial charge on any atom is 0.225 e. The van der Waals surface area contributed by atoms with E-state index < -0.39 is 5.82 Å². The molecule has 10 nitrogen and oxygen atoms in total. The van der Waals surface area contributed by atoms with Gasteiger partial charge in [0.1, 0.15) is 5.75 Å². The van der Waals surface area contributed by atoms with Crippen LogP contribution in [-0.4, -0.2) is 65.5 Å². The number of piperidine rings is 1. The van der Waals surface area contributed by atoms with Gasteiger partial charge in [-0.25, -0.2) is 9.37 Å². The predicted octanol–water partition coefficient (Wildman–Crippen LogP) is 7.11. The second kappa shape index (κ2) is 17.0. The minimum absolute atomic E-state index is 0.0170. The van der Waals surface area contributed by atoms with Crippen molar-refractivity contribution in [1.29, 1.82) is 0 Å². The molecule has 0 spiro atoms. The van der Waals surface area contributed by atoms with Crippen LogP contribution < -0.4 is 26.0 Å². The maximum absolute atomic E-state index is 15.8. The Morgan fingerprint density at radius 3 is 2.50 bits per heavy atom. The topological polar surface area (TPSA) is 121 Å². The molecule has 2 aliphatic heterocycles. The number of ether oxygens (including phenoxy) is 1. The summed E-state index contributed by atoms with van der Waals surface area (Å²) in [5, 5.41) is 13.7. The lowest BCUT2D eigenvalue weighted by Gasteiger charge is -2.33. The Bertz CT molecular complexity index is 1920. The summed E-state index contributed by atoms with van der Waals surface area (Å²) in [5.74, 6) is 0.528. The first-order valence-corrected chi connectivity index (χ1v) is 18.4. The third kappa shape index (κ3) is 8.66. The third-order valence-corrected chi connectivity index (χ3v) is 10.4. The number of amides is 2. The Labute approximate surface area is 313 Å². The monoisotopic (exact) mass is 747 g/mol. The summed E-state index contributed by atoms with van der Waals surface area (Å²) in [5.41, 5.74) is 4.56. The Balaban J connectivity index is 1.14. The van der Waals surface area contributed by atoms with E-state index in [0.717, 1.165) is 30.4 Å². The van der Waals surface area contributed by atoms with Crippen molar-refractivity contribution >= 4 is 46.5 Å². The Kier molecular flexibility index (Phi) is 12.3. The van der Waals surface area contributed by atoms with E-state index in [9.17, 15) is 9.59 Å². The number of carbonyl (C=O) groups excluding carboxylic acids is 2. The molecule has 2 aromatic carbocycles. The van der Waals surface area contributed by atoms with E-state index >= 15 is 4.39 Å². The molecule has 52 heavy (non-hydrogen) atoms. The van der Waals surface area contributed by atoms with Gasteiger partial charge in [-0.2, -0.15) is 0 Å². The molecule has 2 aromatic heterocycles. The van der Waals surface area contributed by atoms with Crippen molar-refractivity contribution in [3.63, 3.8) is 0 Å². The minimum atomic E-state index is -0.467. The molecule has 13 heteroatoms. The van der Waals surface area contributed by atoms with E-state index in [1.54, 1.807) is 37.7 Å². The second-order valence-electron chi connectivity index (χ2n) is 13.5. The average molecular weight is 749 g/mol. The lowest BCUT2D eigenvalue weighted by Crippen LogP contribution is -2.46. The summed E-state index contributed by atoms with van der Waals surface area (Å²) in [6.07, 6.45) is 6.27. The molecule has 4 aromatic rings. The number of nitrogens with zero attached hydrogens (tertiary/aromatic N) is 3. The lowest BCUT2D eigenvalue weighted by molar-refractivity contribution is -0.135. The molecule has 2 amide bonds. The van der Waals surface area contributed by atoms with E-state index in [1.807, 2.05) is 49.1 Å². The highest BCUT2D eigenvalue weighted by atomic mass is 35.5. The van der Waals surface area contributed by atoms with Gasteiger partial charge in [-0.15, -0.1) is 0 Å². The van der Waals surface area contributed by atoms with Crippen LogP contribution in [0, 0.1) is 11.7 Å². The zero-order valence-corrected chi connectivity index (χ0v) is 31.1. The SMILES string of the molecule is COc1cc(-c2nccc(-c3cccc(Nc4nccc(CNC5CCN(C(=O)C(C)C)CC5)c4F)c3Cl)c2Cl)ccc1CNC[C@H]1CCC(=O)N1. The third-order valence-electron chi connectivity index (χ3n) is 9.63. The van der Waals surface area contributed by atoms with Crippen LogP contribution in [-0.2, 0) is 22.7 Å². The molecular weight excluding hydrogens is 704 g/mol. The van der Waals surface area contributed by atoms with E-state index in [2.05, 4.69) is 31.2 Å². The van der Waals surface area contributed by atoms with Gasteiger partial charge in [0.05, 0.1) is 28.5 Å². The fraction of sp³-hybridized carbons (Fsp3) is 0.385. The van der Waals surface area contributed by atoms with Crippen molar-refractivity contribution in [3.8, 4) is 28.1 Å². The van der Waals surface area contributed by atoms with Crippen LogP contribution in [0.5, 0.6) is 5.75 Å². The van der Waals surface area contributed by atoms with Gasteiger partial charge in [0.2, 0.25) is 11.8 Å². The number of halogens is 3. The molecule has 1 atom stereocenters. The molecule has 0 radical (unpaired) electrons. The minimum Gasteiger partial charge on any atom is -0.496 e. The van der Waals surface area contributed by atoms with E-state index in [1.165, 1.54) is 0 Å². The molecule has 6 rings (SSSR count). The average Bonchev–Trinajstić information content (AvgIpc) is 3.57. The van der Waals surface area contributed by atoms with E-state index in [0.29, 0.717) is 83.0 Å². The van der Waals surface area contributed by atoms with Gasteiger partial charge in [-0.3, -0.25) is 14.6 Å². The fourth-order valence-corrected chi connectivity index (χ4v) is 7.30. The van der Waals surface area contributed by atoms with Gasteiger partial charge in [0.25, 0.3) is 0 Å². The smallest absolute Gasteiger partial charge is 0.225 e. The largest absolute Gasteiger partial charge is 0.496 e. The van der Waals surface area contributed by atoms with Crippen LogP contribution in [0.15, 0.2) is 60.9 Å². The lowest BCUT2D eigenvalue weighted by atomic mass is 10.0. The predicted molar refractivity (Wildman–Crippen MR) is 203 cm³/mol. The zero-order valence-electron chi connectivity index (χ0n) is 29.6. The zero-order chi connectivity index (χ0) is 36.8. The van der Waals surface area contributed by atoms with E-state index in [-0.39, 0.29) is 35.6 Å². The second-order valence-corrected chi connectivity index (χ2v) is 14.3. The molecule has 0 aliphatic carbocycles. The van der Waals surface area contributed by atoms with Gasteiger partial charge in [0, 0.05) is 97.4 Å². The molecule has 274 valence electrons. The number of benzene rings is 2. The summed E-state index contributed by atoms with van der Waals surface area (Å²) in [6.45, 7) is 6.80. The first kappa shape index (κ1) is 37.5. The number of methoxy groups -OCH3 is 1. The summed E-state index contributed by atoms with van der Waals surface area (Å²) in [6, 6.07) is 15.0. The van der Waals surface area contributed by atoms with Gasteiger partial charge in [0.15, 0.2) is 11.6 Å². The van der Waals surface area contributed by atoms with Gasteiger partial charge >= 0.3 is 0 Å². The van der Waals surface area contributed by atoms with Crippen molar-refractivity contribution in [2.75, 3.05) is 32.1 Å². The van der Waals surface area contributed by atoms with Crippen molar-refractivity contribution in [3.05, 3.63) is 87.9 Å². The van der Waals surface area contributed by atoms with E-state index in [4.69, 9.17) is 27.9 Å². The molecule has 4 N–H and O–H groups in total. The number of rotatable bonds is 13. The summed E-state index contributed by atoms with van der Waals surface area (Å²) in [7, 11) is 1.62. The van der Waals surface area contributed by atoms with Gasteiger partial charge < -0.3 is 30.9 Å². The number of aromatic nitrogens is 2. The normalized spacial score (nSPS) is 16.3. The van der Waals surface area contributed by atoms with Crippen LogP contribution in [0.25, 0.3) is 22.4 Å². The number of anilines is 2. The highest BCUT2D eigenvalue weighted by Gasteiger charge is 2.25. The van der Waals surface area contributed by atoms with Crippen LogP contribution in [0.1, 0.15) is 50.7 Å². The molecular formula is C39H44Cl2FN7O3. The van der Waals surface area contributed by atoms with Crippen molar-refractivity contribution in [1.82, 2.24) is 30.8 Å². The van der Waals surface area contributed by atoms with Gasteiger partial charge in [-0.1, -0.05) is 61.3 Å². The maximum atomic E-state index is 15.8. The highest BCUT2D eigenvalue weighted by molar-refractivity contribution is 6.39. The van der Waals surface area contributed by atoms with Crippen molar-refractivity contribution < 1.29 is 18.7 Å². The van der Waals surface area contributed by atoms with Crippen LogP contribution in [0.2, 0.25) is 10.0 Å². The standard InChI is InChI=1S/C39H44Cl2FN7O3/c1-23(2)39(51)49-17-13-27(14-18-49)46-21-26-11-15-45-38(36(26)42)48-31-6-4-5-29(34(31)40)30-12-16-44-37(35(30)41)24-7-8-25(32(19-24)52-3)20-43-22-28-9-10-33(50)47-28/h4-8,11-12,15-16,19,23,27-28,43,46H,9-10,13-14,17-18,20-22H2,1-3H3,(H,45,48)(H,47,50)/t28-/m1/s1. The highest BCUT2D eigenvalue weighted by Crippen LogP contribution is 2.42. The number of hydrogen-bond acceptors (Lipinski definition) is 8. The summed E-state index contributed by atoms with van der Waals surface area (Å²) < 4.78 is 21.5. The molecule has 2 saturated heterocycles. The number of nitrogens with one attached hydrogen (secondary N) is 4. The first-order chi connectivity index (χ1) is 25.1.